The van der Waals surface area contributed by atoms with Gasteiger partial charge in [0.1, 0.15) is 5.82 Å². The molecule has 0 spiro atoms. The Morgan fingerprint density at radius 2 is 2.06 bits per heavy atom. The molecule has 0 atom stereocenters. The molecule has 1 heterocycles. The third-order valence-electron chi connectivity index (χ3n) is 3.46. The lowest BCUT2D eigenvalue weighted by Gasteiger charge is -2.30. The maximum atomic E-state index is 9.48. The van der Waals surface area contributed by atoms with Crippen molar-refractivity contribution >= 4 is 11.8 Å². The average Bonchev–Trinajstić information content (AvgIpc) is 2.35. The SMILES string of the molecule is CCC(CC)(CO)CNc1nc(N)ncc1C. The van der Waals surface area contributed by atoms with Crippen LogP contribution in [0, 0.1) is 12.3 Å². The lowest BCUT2D eigenvalue weighted by atomic mass is 9.83. The summed E-state index contributed by atoms with van der Waals surface area (Å²) in [6.45, 7) is 6.96. The van der Waals surface area contributed by atoms with Crippen LogP contribution < -0.4 is 11.1 Å². The maximum absolute atomic E-state index is 9.48. The smallest absolute Gasteiger partial charge is 0.221 e. The Balaban J connectivity index is 2.75. The van der Waals surface area contributed by atoms with E-state index in [0.29, 0.717) is 6.54 Å². The van der Waals surface area contributed by atoms with Crippen molar-refractivity contribution in [2.24, 2.45) is 5.41 Å². The Hall–Kier alpha value is -1.36. The van der Waals surface area contributed by atoms with Gasteiger partial charge in [0.2, 0.25) is 5.95 Å². The van der Waals surface area contributed by atoms with Crippen LogP contribution in [0.1, 0.15) is 32.3 Å². The Morgan fingerprint density at radius 1 is 1.41 bits per heavy atom. The number of hydrogen-bond donors (Lipinski definition) is 3. The highest BCUT2D eigenvalue weighted by Crippen LogP contribution is 2.26. The van der Waals surface area contributed by atoms with Crippen molar-refractivity contribution in [1.29, 1.82) is 0 Å². The van der Waals surface area contributed by atoms with E-state index >= 15 is 0 Å². The van der Waals surface area contributed by atoms with Crippen LogP contribution >= 0.6 is 0 Å². The van der Waals surface area contributed by atoms with E-state index in [2.05, 4.69) is 29.1 Å². The molecule has 5 heteroatoms. The van der Waals surface area contributed by atoms with Crippen LogP contribution in [0.3, 0.4) is 0 Å². The third-order valence-corrected chi connectivity index (χ3v) is 3.46. The summed E-state index contributed by atoms with van der Waals surface area (Å²) < 4.78 is 0. The van der Waals surface area contributed by atoms with Gasteiger partial charge in [0.05, 0.1) is 6.61 Å². The van der Waals surface area contributed by atoms with E-state index in [9.17, 15) is 5.11 Å². The maximum Gasteiger partial charge on any atom is 0.221 e. The predicted octanol–water partition coefficient (Wildman–Crippen LogP) is 1.58. The molecular weight excluding hydrogens is 216 g/mol. The van der Waals surface area contributed by atoms with Gasteiger partial charge in [-0.3, -0.25) is 0 Å². The van der Waals surface area contributed by atoms with Crippen LogP contribution in [-0.2, 0) is 0 Å². The highest BCUT2D eigenvalue weighted by atomic mass is 16.3. The number of aliphatic hydroxyl groups is 1. The molecule has 0 aliphatic rings. The number of nitrogens with one attached hydrogen (secondary N) is 1. The zero-order valence-electron chi connectivity index (χ0n) is 10.8. The second-order valence-corrected chi connectivity index (χ2v) is 4.48. The Bertz CT molecular complexity index is 355. The fourth-order valence-electron chi connectivity index (χ4n) is 1.69. The molecule has 0 saturated carbocycles. The zero-order chi connectivity index (χ0) is 12.9. The summed E-state index contributed by atoms with van der Waals surface area (Å²) >= 11 is 0. The van der Waals surface area contributed by atoms with Crippen LogP contribution in [-0.4, -0.2) is 28.2 Å². The molecule has 96 valence electrons. The van der Waals surface area contributed by atoms with Gasteiger partial charge < -0.3 is 16.2 Å². The highest BCUT2D eigenvalue weighted by Gasteiger charge is 2.25. The highest BCUT2D eigenvalue weighted by molar-refractivity contribution is 5.45. The van der Waals surface area contributed by atoms with E-state index in [-0.39, 0.29) is 18.0 Å². The summed E-state index contributed by atoms with van der Waals surface area (Å²) in [7, 11) is 0. The monoisotopic (exact) mass is 238 g/mol. The summed E-state index contributed by atoms with van der Waals surface area (Å²) in [5.41, 5.74) is 6.42. The van der Waals surface area contributed by atoms with Gasteiger partial charge in [0.15, 0.2) is 0 Å². The molecule has 5 nitrogen and oxygen atoms in total. The molecule has 0 aromatic carbocycles. The number of nitrogen functional groups attached to an aromatic ring is 1. The van der Waals surface area contributed by atoms with Crippen LogP contribution in [0.25, 0.3) is 0 Å². The topological polar surface area (TPSA) is 84.1 Å². The molecule has 0 radical (unpaired) electrons. The van der Waals surface area contributed by atoms with E-state index < -0.39 is 0 Å². The fraction of sp³-hybridized carbons (Fsp3) is 0.667. The number of nitrogens with two attached hydrogens (primary N) is 1. The summed E-state index contributed by atoms with van der Waals surface area (Å²) in [6.07, 6.45) is 3.54. The summed E-state index contributed by atoms with van der Waals surface area (Å²) in [5.74, 6) is 1.01. The number of nitrogens with zero attached hydrogens (tertiary/aromatic N) is 2. The second-order valence-electron chi connectivity index (χ2n) is 4.48. The third kappa shape index (κ3) is 3.30. The van der Waals surface area contributed by atoms with Crippen LogP contribution in [0.15, 0.2) is 6.20 Å². The van der Waals surface area contributed by atoms with Gasteiger partial charge in [-0.15, -0.1) is 0 Å². The van der Waals surface area contributed by atoms with Crippen molar-refractivity contribution in [2.75, 3.05) is 24.2 Å². The first kappa shape index (κ1) is 13.7. The minimum atomic E-state index is -0.0911. The van der Waals surface area contributed by atoms with E-state index in [0.717, 1.165) is 24.2 Å². The summed E-state index contributed by atoms with van der Waals surface area (Å²) in [5, 5.41) is 12.7. The van der Waals surface area contributed by atoms with Gasteiger partial charge in [-0.1, -0.05) is 13.8 Å². The molecule has 1 aromatic heterocycles. The van der Waals surface area contributed by atoms with Crippen molar-refractivity contribution in [3.63, 3.8) is 0 Å². The lowest BCUT2D eigenvalue weighted by Crippen LogP contribution is -2.32. The summed E-state index contributed by atoms with van der Waals surface area (Å²) in [6, 6.07) is 0. The van der Waals surface area contributed by atoms with Gasteiger partial charge in [0, 0.05) is 23.7 Å². The van der Waals surface area contributed by atoms with Gasteiger partial charge in [0.25, 0.3) is 0 Å². The molecule has 4 N–H and O–H groups in total. The molecule has 0 bridgehead atoms. The lowest BCUT2D eigenvalue weighted by molar-refractivity contribution is 0.127. The molecule has 1 rings (SSSR count). The molecule has 0 fully saturated rings. The van der Waals surface area contributed by atoms with E-state index in [1.807, 2.05) is 6.92 Å². The number of aromatic nitrogens is 2. The normalized spacial score (nSPS) is 11.5. The number of hydrogen-bond acceptors (Lipinski definition) is 5. The van der Waals surface area contributed by atoms with Gasteiger partial charge in [-0.05, 0) is 19.8 Å². The van der Waals surface area contributed by atoms with Gasteiger partial charge in [-0.2, -0.15) is 4.98 Å². The van der Waals surface area contributed by atoms with E-state index in [1.165, 1.54) is 0 Å². The van der Waals surface area contributed by atoms with Crippen molar-refractivity contribution in [1.82, 2.24) is 9.97 Å². The molecule has 0 unspecified atom stereocenters. The molecule has 0 aliphatic heterocycles. The number of rotatable bonds is 6. The minimum absolute atomic E-state index is 0.0911. The van der Waals surface area contributed by atoms with Crippen molar-refractivity contribution in [2.45, 2.75) is 33.6 Å². The average molecular weight is 238 g/mol. The molecule has 17 heavy (non-hydrogen) atoms. The number of anilines is 2. The molecule has 0 saturated heterocycles. The quantitative estimate of drug-likeness (QED) is 0.700. The Morgan fingerprint density at radius 3 is 2.59 bits per heavy atom. The summed E-state index contributed by atoms with van der Waals surface area (Å²) in [4.78, 5) is 8.07. The second kappa shape index (κ2) is 5.82. The first-order valence-corrected chi connectivity index (χ1v) is 6.00. The zero-order valence-corrected chi connectivity index (χ0v) is 10.8. The molecular formula is C12H22N4O. The predicted molar refractivity (Wildman–Crippen MR) is 69.8 cm³/mol. The van der Waals surface area contributed by atoms with Crippen molar-refractivity contribution in [3.8, 4) is 0 Å². The van der Waals surface area contributed by atoms with Crippen LogP contribution in [0.5, 0.6) is 0 Å². The first-order valence-electron chi connectivity index (χ1n) is 6.00. The van der Waals surface area contributed by atoms with E-state index in [4.69, 9.17) is 5.73 Å². The standard InChI is InChI=1S/C12H22N4O/c1-4-12(5-2,8-17)7-15-10-9(3)6-14-11(13)16-10/h6,17H,4-5,7-8H2,1-3H3,(H3,13,14,15,16). The molecule has 1 aromatic rings. The Labute approximate surface area is 102 Å². The number of aliphatic hydroxyl groups excluding tert-OH is 1. The van der Waals surface area contributed by atoms with Gasteiger partial charge in [-0.25, -0.2) is 4.98 Å². The van der Waals surface area contributed by atoms with E-state index in [1.54, 1.807) is 6.20 Å². The molecule has 0 aliphatic carbocycles. The van der Waals surface area contributed by atoms with Crippen molar-refractivity contribution < 1.29 is 5.11 Å². The van der Waals surface area contributed by atoms with Crippen molar-refractivity contribution in [3.05, 3.63) is 11.8 Å². The Kier molecular flexibility index (Phi) is 4.69. The first-order chi connectivity index (χ1) is 8.06. The largest absolute Gasteiger partial charge is 0.396 e. The fourth-order valence-corrected chi connectivity index (χ4v) is 1.69. The number of aryl methyl sites for hydroxylation is 1. The van der Waals surface area contributed by atoms with Gasteiger partial charge >= 0.3 is 0 Å². The van der Waals surface area contributed by atoms with Crippen LogP contribution in [0.2, 0.25) is 0 Å². The molecule has 0 amide bonds. The van der Waals surface area contributed by atoms with Crippen LogP contribution in [0.4, 0.5) is 11.8 Å². The minimum Gasteiger partial charge on any atom is -0.396 e.